The molecule has 0 amide bonds. The Morgan fingerprint density at radius 2 is 1.78 bits per heavy atom. The highest BCUT2D eigenvalue weighted by Gasteiger charge is 2.22. The maximum absolute atomic E-state index is 9.19. The lowest BCUT2D eigenvalue weighted by Crippen LogP contribution is -2.47. The average molecular weight is 252 g/mol. The molecule has 1 fully saturated rings. The number of likely N-dealkylation sites (N-methyl/N-ethyl adjacent to an activating group) is 1. The molecule has 0 aliphatic carbocycles. The van der Waals surface area contributed by atoms with Gasteiger partial charge in [0.2, 0.25) is 0 Å². The molecule has 1 heterocycles. The fourth-order valence-electron chi connectivity index (χ4n) is 2.56. The summed E-state index contributed by atoms with van der Waals surface area (Å²) in [5.74, 6) is 0. The minimum Gasteiger partial charge on any atom is -0.301 e. The summed E-state index contributed by atoms with van der Waals surface area (Å²) < 4.78 is 0. The van der Waals surface area contributed by atoms with Gasteiger partial charge in [-0.05, 0) is 39.4 Å². The van der Waals surface area contributed by atoms with Crippen molar-refractivity contribution in [3.05, 3.63) is 0 Å². The van der Waals surface area contributed by atoms with Crippen LogP contribution >= 0.6 is 0 Å². The molecule has 4 heteroatoms. The largest absolute Gasteiger partial charge is 0.301 e. The Hall–Kier alpha value is -0.630. The topological polar surface area (TPSA) is 42.3 Å². The van der Waals surface area contributed by atoms with Crippen molar-refractivity contribution >= 4 is 0 Å². The number of hydrogen-bond donors (Lipinski definition) is 1. The summed E-state index contributed by atoms with van der Waals surface area (Å²) >= 11 is 0. The van der Waals surface area contributed by atoms with Crippen LogP contribution in [0.3, 0.4) is 0 Å². The van der Waals surface area contributed by atoms with Crippen LogP contribution in [0.5, 0.6) is 0 Å². The van der Waals surface area contributed by atoms with Gasteiger partial charge in [0.05, 0.1) is 6.07 Å². The van der Waals surface area contributed by atoms with Gasteiger partial charge in [-0.25, -0.2) is 0 Å². The van der Waals surface area contributed by atoms with E-state index in [4.69, 9.17) is 0 Å². The van der Waals surface area contributed by atoms with Gasteiger partial charge >= 0.3 is 0 Å². The third-order valence-electron chi connectivity index (χ3n) is 3.88. The molecular formula is C14H28N4. The smallest absolute Gasteiger partial charge is 0.103 e. The van der Waals surface area contributed by atoms with Crippen molar-refractivity contribution in [2.24, 2.45) is 0 Å². The lowest BCUT2D eigenvalue weighted by molar-refractivity contribution is 0.134. The Morgan fingerprint density at radius 1 is 1.17 bits per heavy atom. The van der Waals surface area contributed by atoms with E-state index in [9.17, 15) is 5.26 Å². The Kier molecular flexibility index (Phi) is 6.62. The highest BCUT2D eigenvalue weighted by molar-refractivity contribution is 5.03. The van der Waals surface area contributed by atoms with Crippen LogP contribution in [-0.4, -0.2) is 61.2 Å². The van der Waals surface area contributed by atoms with Crippen molar-refractivity contribution in [2.75, 3.05) is 45.8 Å². The van der Waals surface area contributed by atoms with Gasteiger partial charge in [0.15, 0.2) is 0 Å². The van der Waals surface area contributed by atoms with Crippen LogP contribution in [0.2, 0.25) is 0 Å². The molecule has 0 radical (unpaired) electrons. The van der Waals surface area contributed by atoms with Gasteiger partial charge in [0, 0.05) is 26.2 Å². The first kappa shape index (κ1) is 15.4. The zero-order valence-electron chi connectivity index (χ0n) is 12.2. The first-order chi connectivity index (χ1) is 8.63. The molecule has 0 aromatic carbocycles. The van der Waals surface area contributed by atoms with Gasteiger partial charge in [-0.2, -0.15) is 5.26 Å². The molecule has 0 aromatic rings. The van der Waals surface area contributed by atoms with E-state index in [1.54, 1.807) is 0 Å². The van der Waals surface area contributed by atoms with Gasteiger partial charge in [0.1, 0.15) is 5.54 Å². The van der Waals surface area contributed by atoms with E-state index in [1.165, 1.54) is 32.7 Å². The highest BCUT2D eigenvalue weighted by Crippen LogP contribution is 2.12. The fourth-order valence-corrected chi connectivity index (χ4v) is 2.56. The lowest BCUT2D eigenvalue weighted by Gasteiger charge is -2.34. The van der Waals surface area contributed by atoms with Gasteiger partial charge in [-0.15, -0.1) is 0 Å². The minimum atomic E-state index is -0.347. The third-order valence-corrected chi connectivity index (χ3v) is 3.88. The molecule has 1 atom stereocenters. The zero-order valence-corrected chi connectivity index (χ0v) is 12.2. The van der Waals surface area contributed by atoms with Crippen molar-refractivity contribution in [3.63, 3.8) is 0 Å². The Labute approximate surface area is 112 Å². The van der Waals surface area contributed by atoms with Crippen LogP contribution < -0.4 is 5.32 Å². The molecule has 1 aliphatic rings. The fraction of sp³-hybridized carbons (Fsp3) is 0.929. The molecule has 0 aromatic heterocycles. The van der Waals surface area contributed by atoms with E-state index >= 15 is 0 Å². The van der Waals surface area contributed by atoms with E-state index < -0.39 is 0 Å². The summed E-state index contributed by atoms with van der Waals surface area (Å²) in [6.07, 6.45) is 2.04. The van der Waals surface area contributed by atoms with Gasteiger partial charge < -0.3 is 9.80 Å². The molecule has 0 spiro atoms. The second-order valence-electron chi connectivity index (χ2n) is 5.35. The van der Waals surface area contributed by atoms with E-state index in [1.807, 2.05) is 6.92 Å². The number of rotatable bonds is 7. The summed E-state index contributed by atoms with van der Waals surface area (Å²) in [6, 6.07) is 2.40. The molecule has 0 bridgehead atoms. The van der Waals surface area contributed by atoms with Crippen molar-refractivity contribution < 1.29 is 0 Å². The number of hydrogen-bond acceptors (Lipinski definition) is 4. The second-order valence-corrected chi connectivity index (χ2v) is 5.35. The summed E-state index contributed by atoms with van der Waals surface area (Å²) in [6.45, 7) is 14.2. The molecule has 1 aliphatic heterocycles. The van der Waals surface area contributed by atoms with Gasteiger partial charge in [-0.3, -0.25) is 5.32 Å². The van der Waals surface area contributed by atoms with E-state index in [2.05, 4.69) is 35.0 Å². The van der Waals surface area contributed by atoms with Crippen LogP contribution in [0.15, 0.2) is 0 Å². The summed E-state index contributed by atoms with van der Waals surface area (Å²) in [4.78, 5) is 5.02. The predicted molar refractivity (Wildman–Crippen MR) is 75.5 cm³/mol. The Balaban J connectivity index is 2.20. The quantitative estimate of drug-likeness (QED) is 0.741. The van der Waals surface area contributed by atoms with Crippen molar-refractivity contribution in [1.82, 2.24) is 15.1 Å². The van der Waals surface area contributed by atoms with Gasteiger partial charge in [-0.1, -0.05) is 13.8 Å². The van der Waals surface area contributed by atoms with E-state index in [0.29, 0.717) is 0 Å². The van der Waals surface area contributed by atoms with Gasteiger partial charge in [0.25, 0.3) is 0 Å². The molecule has 18 heavy (non-hydrogen) atoms. The van der Waals surface area contributed by atoms with Crippen molar-refractivity contribution in [3.8, 4) is 6.07 Å². The zero-order chi connectivity index (χ0) is 13.4. The SMILES string of the molecule is CCNC(C)(C#N)CCCN1CCN(CC)CC1. The number of nitrogens with one attached hydrogen (secondary N) is 1. The predicted octanol–water partition coefficient (Wildman–Crippen LogP) is 1.30. The molecular weight excluding hydrogens is 224 g/mol. The van der Waals surface area contributed by atoms with Crippen LogP contribution in [-0.2, 0) is 0 Å². The van der Waals surface area contributed by atoms with Crippen molar-refractivity contribution in [1.29, 1.82) is 5.26 Å². The standard InChI is InChI=1S/C14H28N4/c1-4-16-14(3,13-15)7-6-8-18-11-9-17(5-2)10-12-18/h16H,4-12H2,1-3H3. The maximum Gasteiger partial charge on any atom is 0.103 e. The average Bonchev–Trinajstić information content (AvgIpc) is 2.40. The highest BCUT2D eigenvalue weighted by atomic mass is 15.3. The molecule has 1 rings (SSSR count). The monoisotopic (exact) mass is 252 g/mol. The number of nitriles is 1. The van der Waals surface area contributed by atoms with E-state index in [0.717, 1.165) is 25.9 Å². The molecule has 1 N–H and O–H groups in total. The molecule has 1 saturated heterocycles. The van der Waals surface area contributed by atoms with Crippen LogP contribution in [0, 0.1) is 11.3 Å². The molecule has 4 nitrogen and oxygen atoms in total. The maximum atomic E-state index is 9.19. The molecule has 0 saturated carbocycles. The summed E-state index contributed by atoms with van der Waals surface area (Å²) in [5, 5.41) is 12.5. The molecule has 104 valence electrons. The summed E-state index contributed by atoms with van der Waals surface area (Å²) in [7, 11) is 0. The first-order valence-electron chi connectivity index (χ1n) is 7.24. The summed E-state index contributed by atoms with van der Waals surface area (Å²) in [5.41, 5.74) is -0.347. The number of piperazine rings is 1. The Bertz CT molecular complexity index is 265. The van der Waals surface area contributed by atoms with E-state index in [-0.39, 0.29) is 5.54 Å². The number of nitrogens with zero attached hydrogens (tertiary/aromatic N) is 3. The second kappa shape index (κ2) is 7.73. The van der Waals surface area contributed by atoms with Crippen LogP contribution in [0.25, 0.3) is 0 Å². The van der Waals surface area contributed by atoms with Crippen LogP contribution in [0.1, 0.15) is 33.6 Å². The molecule has 1 unspecified atom stereocenters. The van der Waals surface area contributed by atoms with Crippen molar-refractivity contribution in [2.45, 2.75) is 39.2 Å². The lowest BCUT2D eigenvalue weighted by atomic mass is 9.97. The van der Waals surface area contributed by atoms with Crippen LogP contribution in [0.4, 0.5) is 0 Å². The first-order valence-corrected chi connectivity index (χ1v) is 7.24. The Morgan fingerprint density at radius 3 is 2.28 bits per heavy atom. The normalized spacial score (nSPS) is 21.4. The minimum absolute atomic E-state index is 0.347. The third kappa shape index (κ3) is 4.93.